The Morgan fingerprint density at radius 2 is 1.63 bits per heavy atom. The summed E-state index contributed by atoms with van der Waals surface area (Å²) in [6.45, 7) is 1.89. The standard InChI is InChI=1S/C25H36O10/c1-2-3-4-5-6-7-8-9-12-32-23-19(27)16-11-10-15(13-17(16)34-24(23)31)33-25-22(30)21(29)20(28)18(14-26)35-25/h10-11,13,18,20-22,25-30H,2-9,12,14H2,1H3/t18-,20-,21+,22+,25?/m1/s1. The average molecular weight is 497 g/mol. The van der Waals surface area contributed by atoms with Crippen LogP contribution in [0, 0.1) is 0 Å². The number of aliphatic hydroxyl groups is 4. The molecule has 1 aromatic carbocycles. The molecule has 1 aromatic heterocycles. The van der Waals surface area contributed by atoms with E-state index < -0.39 is 42.9 Å². The van der Waals surface area contributed by atoms with Gasteiger partial charge in [0.25, 0.3) is 0 Å². The smallest absolute Gasteiger partial charge is 0.383 e. The van der Waals surface area contributed by atoms with Crippen LogP contribution in [0.25, 0.3) is 11.0 Å². The highest BCUT2D eigenvalue weighted by Crippen LogP contribution is 2.34. The summed E-state index contributed by atoms with van der Waals surface area (Å²) < 4.78 is 21.7. The number of hydrogen-bond donors (Lipinski definition) is 5. The van der Waals surface area contributed by atoms with Gasteiger partial charge in [-0.1, -0.05) is 51.9 Å². The topological polar surface area (TPSA) is 159 Å². The largest absolute Gasteiger partial charge is 0.504 e. The number of fused-ring (bicyclic) bond motifs is 1. The van der Waals surface area contributed by atoms with E-state index in [2.05, 4.69) is 6.92 Å². The summed E-state index contributed by atoms with van der Waals surface area (Å²) in [5, 5.41) is 50.0. The molecule has 2 heterocycles. The molecule has 2 aromatic rings. The molecule has 1 fully saturated rings. The highest BCUT2D eigenvalue weighted by atomic mass is 16.7. The molecule has 0 saturated carbocycles. The lowest BCUT2D eigenvalue weighted by Crippen LogP contribution is -2.60. The number of benzene rings is 1. The molecule has 0 bridgehead atoms. The Labute approximate surface area is 203 Å². The number of aromatic hydroxyl groups is 1. The molecular formula is C25H36O10. The van der Waals surface area contributed by atoms with Crippen LogP contribution in [0.15, 0.2) is 27.4 Å². The molecule has 0 spiro atoms. The van der Waals surface area contributed by atoms with Crippen molar-refractivity contribution < 1.29 is 44.2 Å². The van der Waals surface area contributed by atoms with Crippen LogP contribution in [0.1, 0.15) is 58.3 Å². The predicted octanol–water partition coefficient (Wildman–Crippen LogP) is 2.20. The second kappa shape index (κ2) is 13.1. The van der Waals surface area contributed by atoms with Gasteiger partial charge in [0.1, 0.15) is 35.7 Å². The van der Waals surface area contributed by atoms with Gasteiger partial charge < -0.3 is 44.2 Å². The molecule has 1 aliphatic heterocycles. The Hall–Kier alpha value is -2.37. The summed E-state index contributed by atoms with van der Waals surface area (Å²) in [6.07, 6.45) is 1.79. The fourth-order valence-electron chi connectivity index (χ4n) is 4.06. The van der Waals surface area contributed by atoms with Gasteiger partial charge in [-0.15, -0.1) is 0 Å². The van der Waals surface area contributed by atoms with Gasteiger partial charge in [-0.05, 0) is 18.6 Å². The fourth-order valence-corrected chi connectivity index (χ4v) is 4.06. The third-order valence-electron chi connectivity index (χ3n) is 6.16. The lowest BCUT2D eigenvalue weighted by atomic mass is 9.99. The quantitative estimate of drug-likeness (QED) is 0.205. The Bertz CT molecular complexity index is 988. The maximum Gasteiger partial charge on any atom is 0.383 e. The summed E-state index contributed by atoms with van der Waals surface area (Å²) in [5.41, 5.74) is -0.812. The van der Waals surface area contributed by atoms with Crippen LogP contribution in [-0.2, 0) is 4.74 Å². The SMILES string of the molecule is CCCCCCCCCCOc1c(O)c2ccc(OC3O[C@H](CO)[C@@H](O)[C@H](O)[C@@H]3O)cc2oc1=O. The Balaban J connectivity index is 1.60. The van der Waals surface area contributed by atoms with E-state index in [1.807, 2.05) is 0 Å². The van der Waals surface area contributed by atoms with E-state index in [0.717, 1.165) is 19.3 Å². The van der Waals surface area contributed by atoms with Gasteiger partial charge in [0, 0.05) is 6.07 Å². The first-order chi connectivity index (χ1) is 16.9. The molecular weight excluding hydrogens is 460 g/mol. The first-order valence-electron chi connectivity index (χ1n) is 12.3. The van der Waals surface area contributed by atoms with Crippen LogP contribution < -0.4 is 15.1 Å². The summed E-state index contributed by atoms with van der Waals surface area (Å²) >= 11 is 0. The van der Waals surface area contributed by atoms with Crippen molar-refractivity contribution in [2.75, 3.05) is 13.2 Å². The van der Waals surface area contributed by atoms with E-state index in [9.17, 15) is 30.3 Å². The Morgan fingerprint density at radius 1 is 0.943 bits per heavy atom. The molecule has 0 radical (unpaired) electrons. The van der Waals surface area contributed by atoms with Crippen molar-refractivity contribution in [1.82, 2.24) is 0 Å². The molecule has 5 N–H and O–H groups in total. The van der Waals surface area contributed by atoms with E-state index >= 15 is 0 Å². The van der Waals surface area contributed by atoms with Crippen molar-refractivity contribution in [3.8, 4) is 17.2 Å². The summed E-state index contributed by atoms with van der Waals surface area (Å²) in [4.78, 5) is 12.4. The van der Waals surface area contributed by atoms with Crippen LogP contribution >= 0.6 is 0 Å². The molecule has 1 unspecified atom stereocenters. The van der Waals surface area contributed by atoms with E-state index in [-0.39, 0.29) is 34.8 Å². The van der Waals surface area contributed by atoms with Gasteiger partial charge in [0.2, 0.25) is 12.0 Å². The van der Waals surface area contributed by atoms with Crippen LogP contribution in [0.5, 0.6) is 17.2 Å². The highest BCUT2D eigenvalue weighted by molar-refractivity contribution is 5.86. The fraction of sp³-hybridized carbons (Fsp3) is 0.640. The van der Waals surface area contributed by atoms with Crippen molar-refractivity contribution in [2.45, 2.75) is 89.0 Å². The lowest BCUT2D eigenvalue weighted by Gasteiger charge is -2.39. The number of rotatable bonds is 13. The maximum absolute atomic E-state index is 12.4. The van der Waals surface area contributed by atoms with E-state index in [4.69, 9.17) is 18.6 Å². The van der Waals surface area contributed by atoms with Gasteiger partial charge in [-0.2, -0.15) is 0 Å². The van der Waals surface area contributed by atoms with Crippen molar-refractivity contribution in [2.24, 2.45) is 0 Å². The van der Waals surface area contributed by atoms with Gasteiger partial charge in [-0.3, -0.25) is 0 Å². The minimum Gasteiger partial charge on any atom is -0.504 e. The lowest BCUT2D eigenvalue weighted by molar-refractivity contribution is -0.277. The summed E-state index contributed by atoms with van der Waals surface area (Å²) in [6, 6.07) is 4.22. The highest BCUT2D eigenvalue weighted by Gasteiger charge is 2.44. The predicted molar refractivity (Wildman–Crippen MR) is 127 cm³/mol. The van der Waals surface area contributed by atoms with E-state index in [1.165, 1.54) is 50.3 Å². The molecule has 0 aliphatic carbocycles. The average Bonchev–Trinajstić information content (AvgIpc) is 2.84. The number of ether oxygens (including phenoxy) is 3. The second-order valence-corrected chi connectivity index (χ2v) is 8.86. The van der Waals surface area contributed by atoms with Crippen molar-refractivity contribution >= 4 is 11.0 Å². The first kappa shape index (κ1) is 27.2. The molecule has 0 amide bonds. The van der Waals surface area contributed by atoms with E-state index in [1.54, 1.807) is 0 Å². The maximum atomic E-state index is 12.4. The number of hydrogen-bond acceptors (Lipinski definition) is 10. The van der Waals surface area contributed by atoms with E-state index in [0.29, 0.717) is 0 Å². The van der Waals surface area contributed by atoms with Crippen molar-refractivity contribution in [3.05, 3.63) is 28.6 Å². The summed E-state index contributed by atoms with van der Waals surface area (Å²) in [7, 11) is 0. The van der Waals surface area contributed by atoms with Crippen LogP contribution in [-0.4, -0.2) is 69.5 Å². The molecule has 10 heteroatoms. The Morgan fingerprint density at radius 3 is 2.31 bits per heavy atom. The van der Waals surface area contributed by atoms with Crippen LogP contribution in [0.3, 0.4) is 0 Å². The molecule has 1 saturated heterocycles. The molecule has 3 rings (SSSR count). The third kappa shape index (κ3) is 6.86. The number of aliphatic hydroxyl groups excluding tert-OH is 4. The third-order valence-corrected chi connectivity index (χ3v) is 6.16. The van der Waals surface area contributed by atoms with Crippen LogP contribution in [0.2, 0.25) is 0 Å². The van der Waals surface area contributed by atoms with Crippen molar-refractivity contribution in [3.63, 3.8) is 0 Å². The van der Waals surface area contributed by atoms with Gasteiger partial charge >= 0.3 is 5.63 Å². The molecule has 196 valence electrons. The Kier molecular flexibility index (Phi) is 10.2. The second-order valence-electron chi connectivity index (χ2n) is 8.86. The minimum atomic E-state index is -1.59. The zero-order valence-corrected chi connectivity index (χ0v) is 20.0. The summed E-state index contributed by atoms with van der Waals surface area (Å²) in [5.74, 6) is -0.477. The molecule has 35 heavy (non-hydrogen) atoms. The van der Waals surface area contributed by atoms with Crippen molar-refractivity contribution in [1.29, 1.82) is 0 Å². The minimum absolute atomic E-state index is 0.0222. The number of unbranched alkanes of at least 4 members (excludes halogenated alkanes) is 7. The molecule has 10 nitrogen and oxygen atoms in total. The first-order valence-corrected chi connectivity index (χ1v) is 12.3. The van der Waals surface area contributed by atoms with Crippen LogP contribution in [0.4, 0.5) is 0 Å². The molecule has 1 aliphatic rings. The monoisotopic (exact) mass is 496 g/mol. The zero-order valence-electron chi connectivity index (χ0n) is 20.0. The normalized spacial score (nSPS) is 24.5. The van der Waals surface area contributed by atoms with Gasteiger partial charge in [0.05, 0.1) is 18.6 Å². The van der Waals surface area contributed by atoms with Gasteiger partial charge in [0.15, 0.2) is 5.75 Å². The molecule has 5 atom stereocenters. The van der Waals surface area contributed by atoms with Gasteiger partial charge in [-0.25, -0.2) is 4.79 Å². The zero-order chi connectivity index (χ0) is 25.4.